The maximum atomic E-state index is 13.2. The number of carbonyl (C=O) groups excluding carboxylic acids is 1. The number of benzene rings is 1. The van der Waals surface area contributed by atoms with Crippen LogP contribution in [0.25, 0.3) is 0 Å². The molecule has 3 nitrogen and oxygen atoms in total. The zero-order chi connectivity index (χ0) is 20.6. The van der Waals surface area contributed by atoms with Crippen LogP contribution in [0.5, 0.6) is 0 Å². The number of rotatable bonds is 10. The third-order valence-electron chi connectivity index (χ3n) is 3.74. The van der Waals surface area contributed by atoms with Gasteiger partial charge >= 0.3 is 0 Å². The fourth-order valence-electron chi connectivity index (χ4n) is 2.47. The molecule has 0 fully saturated rings. The molecule has 1 rings (SSSR count). The lowest BCUT2D eigenvalue weighted by Gasteiger charge is -2.13. The van der Waals surface area contributed by atoms with Gasteiger partial charge in [-0.15, -0.1) is 11.8 Å². The van der Waals surface area contributed by atoms with E-state index in [2.05, 4.69) is 18.8 Å². The Hall–Kier alpha value is -1.73. The van der Waals surface area contributed by atoms with E-state index in [1.54, 1.807) is 31.9 Å². The Kier molecular flexibility index (Phi) is 9.66. The van der Waals surface area contributed by atoms with Gasteiger partial charge in [-0.1, -0.05) is 32.1 Å². The summed E-state index contributed by atoms with van der Waals surface area (Å²) in [6.45, 7) is 10.4. The van der Waals surface area contributed by atoms with Gasteiger partial charge in [0.1, 0.15) is 0 Å². The minimum absolute atomic E-state index is 0.123. The lowest BCUT2D eigenvalue weighted by atomic mass is 10.0. The van der Waals surface area contributed by atoms with E-state index in [0.29, 0.717) is 12.5 Å². The van der Waals surface area contributed by atoms with Gasteiger partial charge in [-0.25, -0.2) is 13.2 Å². The number of anilines is 1. The van der Waals surface area contributed by atoms with Crippen LogP contribution in [0.3, 0.4) is 0 Å². The fraction of sp³-hybridized carbons (Fsp3) is 0.450. The molecule has 0 radical (unpaired) electrons. The van der Waals surface area contributed by atoms with Gasteiger partial charge in [0, 0.05) is 37.3 Å². The minimum Gasteiger partial charge on any atom is -0.384 e. The Morgan fingerprint density at radius 3 is 2.44 bits per heavy atom. The number of hydrogen-bond acceptors (Lipinski definition) is 3. The summed E-state index contributed by atoms with van der Waals surface area (Å²) in [7, 11) is 1.67. The fourth-order valence-corrected chi connectivity index (χ4v) is 3.32. The Morgan fingerprint density at radius 2 is 1.89 bits per heavy atom. The van der Waals surface area contributed by atoms with E-state index in [-0.39, 0.29) is 5.69 Å². The molecule has 0 bridgehead atoms. The molecule has 1 aromatic rings. The molecule has 0 aromatic heterocycles. The van der Waals surface area contributed by atoms with Crippen LogP contribution in [0, 0.1) is 29.3 Å². The molecule has 0 spiro atoms. The van der Waals surface area contributed by atoms with Crippen molar-refractivity contribution in [3.63, 3.8) is 0 Å². The summed E-state index contributed by atoms with van der Waals surface area (Å²) in [5.41, 5.74) is 0.967. The van der Waals surface area contributed by atoms with Crippen LogP contribution in [-0.4, -0.2) is 25.4 Å². The first-order valence-corrected chi connectivity index (χ1v) is 9.54. The molecule has 1 N–H and O–H groups in total. The molecule has 1 aromatic carbocycles. The van der Waals surface area contributed by atoms with Crippen molar-refractivity contribution >= 4 is 23.4 Å². The molecule has 0 aliphatic rings. The topological polar surface area (TPSA) is 38.3 Å². The van der Waals surface area contributed by atoms with Gasteiger partial charge in [0.25, 0.3) is 0 Å². The molecule has 2 unspecified atom stereocenters. The van der Waals surface area contributed by atoms with Gasteiger partial charge in [-0.3, -0.25) is 4.79 Å². The van der Waals surface area contributed by atoms with Crippen molar-refractivity contribution in [3.05, 3.63) is 52.7 Å². The van der Waals surface area contributed by atoms with E-state index in [1.165, 1.54) is 0 Å². The summed E-state index contributed by atoms with van der Waals surface area (Å²) in [6.07, 6.45) is 2.63. The molecule has 150 valence electrons. The van der Waals surface area contributed by atoms with Gasteiger partial charge < -0.3 is 10.1 Å². The average Bonchev–Trinajstić information content (AvgIpc) is 2.57. The molecule has 0 saturated carbocycles. The third kappa shape index (κ3) is 8.22. The zero-order valence-electron chi connectivity index (χ0n) is 16.1. The summed E-state index contributed by atoms with van der Waals surface area (Å²) in [5, 5.41) is 2.39. The second-order valence-electron chi connectivity index (χ2n) is 6.61. The molecular formula is C20H26F3NO2S. The highest BCUT2D eigenvalue weighted by Gasteiger charge is 2.15. The number of halogens is 3. The predicted octanol–water partition coefficient (Wildman–Crippen LogP) is 5.54. The maximum Gasteiger partial charge on any atom is 0.231 e. The first-order chi connectivity index (χ1) is 12.6. The van der Waals surface area contributed by atoms with Crippen LogP contribution < -0.4 is 5.32 Å². The number of hydrogen-bond donors (Lipinski definition) is 1. The second kappa shape index (κ2) is 11.2. The van der Waals surface area contributed by atoms with Crippen LogP contribution in [0.15, 0.2) is 35.3 Å². The van der Waals surface area contributed by atoms with Crippen molar-refractivity contribution in [2.24, 2.45) is 11.8 Å². The summed E-state index contributed by atoms with van der Waals surface area (Å²) < 4.78 is 44.5. The van der Waals surface area contributed by atoms with Crippen LogP contribution in [0.1, 0.15) is 27.2 Å². The predicted molar refractivity (Wildman–Crippen MR) is 105 cm³/mol. The first-order valence-electron chi connectivity index (χ1n) is 8.56. The Labute approximate surface area is 163 Å². The summed E-state index contributed by atoms with van der Waals surface area (Å²) in [6, 6.07) is 1.50. The number of methoxy groups -OCH3 is 1. The number of amides is 1. The standard InChI is InChI=1S/C20H26F3NO2S/c1-12(10-26-5)6-13(2)11-27-15(4)7-14(3)20(25)24-16-8-17(21)19(23)18(22)9-16/h7-9,12,14H,2,6,10-11H2,1,3-5H3,(H,24,25)/b15-7+. The van der Waals surface area contributed by atoms with Crippen molar-refractivity contribution in [2.75, 3.05) is 24.8 Å². The van der Waals surface area contributed by atoms with Crippen molar-refractivity contribution in [3.8, 4) is 0 Å². The van der Waals surface area contributed by atoms with Crippen molar-refractivity contribution in [2.45, 2.75) is 27.2 Å². The molecule has 0 aliphatic carbocycles. The Morgan fingerprint density at radius 1 is 1.30 bits per heavy atom. The van der Waals surface area contributed by atoms with Crippen LogP contribution in [0.2, 0.25) is 0 Å². The quantitative estimate of drug-likeness (QED) is 0.413. The van der Waals surface area contributed by atoms with Crippen molar-refractivity contribution < 1.29 is 22.7 Å². The SMILES string of the molecule is C=C(CS/C(C)=C/C(C)C(=O)Nc1cc(F)c(F)c(F)c1)CC(C)COC. The van der Waals surface area contributed by atoms with Crippen molar-refractivity contribution in [1.29, 1.82) is 0 Å². The molecular weight excluding hydrogens is 375 g/mol. The van der Waals surface area contributed by atoms with Gasteiger partial charge in [-0.2, -0.15) is 0 Å². The van der Waals surface area contributed by atoms with Gasteiger partial charge in [0.2, 0.25) is 5.91 Å². The maximum absolute atomic E-state index is 13.2. The smallest absolute Gasteiger partial charge is 0.231 e. The Bertz CT molecular complexity index is 683. The van der Waals surface area contributed by atoms with E-state index >= 15 is 0 Å². The Balaban J connectivity index is 2.56. The summed E-state index contributed by atoms with van der Waals surface area (Å²) in [5.74, 6) is -4.08. The number of allylic oxidation sites excluding steroid dienone is 1. The van der Waals surface area contributed by atoms with E-state index in [0.717, 1.165) is 34.8 Å². The van der Waals surface area contributed by atoms with E-state index < -0.39 is 29.3 Å². The van der Waals surface area contributed by atoms with Gasteiger partial charge in [0.15, 0.2) is 17.5 Å². The highest BCUT2D eigenvalue weighted by molar-refractivity contribution is 8.03. The first kappa shape index (κ1) is 23.3. The molecule has 1 amide bonds. The van der Waals surface area contributed by atoms with E-state index in [9.17, 15) is 18.0 Å². The summed E-state index contributed by atoms with van der Waals surface area (Å²) >= 11 is 1.57. The number of carbonyl (C=O) groups is 1. The lowest BCUT2D eigenvalue weighted by Crippen LogP contribution is -2.19. The average molecular weight is 401 g/mol. The second-order valence-corrected chi connectivity index (χ2v) is 7.83. The van der Waals surface area contributed by atoms with Gasteiger partial charge in [-0.05, 0) is 24.2 Å². The molecule has 2 atom stereocenters. The van der Waals surface area contributed by atoms with E-state index in [1.807, 2.05) is 6.92 Å². The van der Waals surface area contributed by atoms with Crippen LogP contribution in [-0.2, 0) is 9.53 Å². The van der Waals surface area contributed by atoms with E-state index in [4.69, 9.17) is 4.74 Å². The number of ether oxygens (including phenoxy) is 1. The number of nitrogens with one attached hydrogen (secondary N) is 1. The highest BCUT2D eigenvalue weighted by Crippen LogP contribution is 2.23. The molecule has 0 saturated heterocycles. The summed E-state index contributed by atoms with van der Waals surface area (Å²) in [4.78, 5) is 13.1. The lowest BCUT2D eigenvalue weighted by molar-refractivity contribution is -0.118. The zero-order valence-corrected chi connectivity index (χ0v) is 16.9. The highest BCUT2D eigenvalue weighted by atomic mass is 32.2. The molecule has 0 aliphatic heterocycles. The third-order valence-corrected chi connectivity index (χ3v) is 4.89. The van der Waals surface area contributed by atoms with Crippen LogP contribution >= 0.6 is 11.8 Å². The molecule has 27 heavy (non-hydrogen) atoms. The van der Waals surface area contributed by atoms with Crippen LogP contribution in [0.4, 0.5) is 18.9 Å². The monoisotopic (exact) mass is 401 g/mol. The van der Waals surface area contributed by atoms with Crippen molar-refractivity contribution in [1.82, 2.24) is 0 Å². The minimum atomic E-state index is -1.56. The normalized spacial score (nSPS) is 14.0. The molecule has 7 heteroatoms. The largest absolute Gasteiger partial charge is 0.384 e. The number of thioether (sulfide) groups is 1. The molecule has 0 heterocycles. The van der Waals surface area contributed by atoms with Gasteiger partial charge in [0.05, 0.1) is 5.92 Å².